The molecule has 64 heavy (non-hydrogen) atoms. The van der Waals surface area contributed by atoms with E-state index < -0.39 is 12.1 Å². The van der Waals surface area contributed by atoms with Crippen molar-refractivity contribution in [1.29, 1.82) is 0 Å². The number of hydrogen-bond donors (Lipinski definition) is 3. The number of rotatable bonds is 55. The molecule has 0 saturated carbocycles. The van der Waals surface area contributed by atoms with E-state index in [2.05, 4.69) is 19.2 Å². The Labute approximate surface area is 400 Å². The van der Waals surface area contributed by atoms with Crippen molar-refractivity contribution in [2.75, 3.05) is 13.2 Å². The van der Waals surface area contributed by atoms with Crippen molar-refractivity contribution >= 4 is 11.9 Å². The number of carbonyl (C=O) groups excluding carboxylic acids is 2. The molecule has 0 spiro atoms. The summed E-state index contributed by atoms with van der Waals surface area (Å²) in [5.74, 6) is -0.0406. The number of aliphatic hydroxyl groups excluding tert-OH is 2. The summed E-state index contributed by atoms with van der Waals surface area (Å²) >= 11 is 0. The smallest absolute Gasteiger partial charge is 0.305 e. The van der Waals surface area contributed by atoms with Crippen LogP contribution in [-0.4, -0.2) is 47.4 Å². The Morgan fingerprint density at radius 2 is 0.641 bits per heavy atom. The van der Waals surface area contributed by atoms with Crippen LogP contribution in [0.25, 0.3) is 0 Å². The van der Waals surface area contributed by atoms with E-state index in [-0.39, 0.29) is 18.5 Å². The van der Waals surface area contributed by atoms with Crippen LogP contribution >= 0.6 is 0 Å². The van der Waals surface area contributed by atoms with Crippen molar-refractivity contribution in [3.63, 3.8) is 0 Å². The van der Waals surface area contributed by atoms with Crippen molar-refractivity contribution < 1.29 is 24.5 Å². The summed E-state index contributed by atoms with van der Waals surface area (Å²) in [4.78, 5) is 24.5. The average Bonchev–Trinajstić information content (AvgIpc) is 3.29. The molecule has 0 heterocycles. The Hall–Kier alpha value is -1.14. The van der Waals surface area contributed by atoms with Crippen LogP contribution in [0.3, 0.4) is 0 Å². The molecule has 0 aromatic carbocycles. The number of carbonyl (C=O) groups is 2. The lowest BCUT2D eigenvalue weighted by Gasteiger charge is -2.22. The molecule has 2 unspecified atom stereocenters. The van der Waals surface area contributed by atoms with Gasteiger partial charge in [-0.05, 0) is 25.7 Å². The normalized spacial score (nSPS) is 12.5. The first kappa shape index (κ1) is 62.9. The molecule has 0 aliphatic rings. The second-order valence-corrected chi connectivity index (χ2v) is 20.3. The van der Waals surface area contributed by atoms with E-state index in [0.29, 0.717) is 25.9 Å². The molecule has 0 bridgehead atoms. The molecule has 0 aliphatic heterocycles. The number of hydrogen-bond acceptors (Lipinski definition) is 5. The van der Waals surface area contributed by atoms with E-state index in [4.69, 9.17) is 4.74 Å². The van der Waals surface area contributed by atoms with Crippen LogP contribution in [-0.2, 0) is 14.3 Å². The average molecular weight is 907 g/mol. The first-order valence-electron chi connectivity index (χ1n) is 29.3. The van der Waals surface area contributed by atoms with Gasteiger partial charge in [0.15, 0.2) is 0 Å². The first-order valence-corrected chi connectivity index (χ1v) is 29.3. The zero-order valence-electron chi connectivity index (χ0n) is 43.5. The van der Waals surface area contributed by atoms with Gasteiger partial charge in [-0.15, -0.1) is 0 Å². The van der Waals surface area contributed by atoms with Crippen molar-refractivity contribution in [2.24, 2.45) is 0 Å². The predicted molar refractivity (Wildman–Crippen MR) is 278 cm³/mol. The van der Waals surface area contributed by atoms with Gasteiger partial charge < -0.3 is 20.3 Å². The number of nitrogens with one attached hydrogen (secondary N) is 1. The molecule has 0 rings (SSSR count). The predicted octanol–water partition coefficient (Wildman–Crippen LogP) is 17.9. The fourth-order valence-electron chi connectivity index (χ4n) is 9.41. The highest BCUT2D eigenvalue weighted by Gasteiger charge is 2.20. The van der Waals surface area contributed by atoms with Crippen LogP contribution in [0.2, 0.25) is 0 Å². The van der Waals surface area contributed by atoms with Crippen LogP contribution in [0, 0.1) is 0 Å². The summed E-state index contributed by atoms with van der Waals surface area (Å²) in [5, 5.41) is 23.3. The fourth-order valence-corrected chi connectivity index (χ4v) is 9.41. The molecular weight excluding hydrogens is 791 g/mol. The van der Waals surface area contributed by atoms with E-state index in [1.807, 2.05) is 0 Å². The lowest BCUT2D eigenvalue weighted by atomic mass is 10.0. The van der Waals surface area contributed by atoms with Crippen molar-refractivity contribution in [3.8, 4) is 0 Å². The van der Waals surface area contributed by atoms with Gasteiger partial charge in [-0.3, -0.25) is 9.59 Å². The number of aliphatic hydroxyl groups is 2. The highest BCUT2D eigenvalue weighted by atomic mass is 16.5. The highest BCUT2D eigenvalue weighted by Crippen LogP contribution is 2.18. The summed E-state index contributed by atoms with van der Waals surface area (Å²) in [5.41, 5.74) is 0. The van der Waals surface area contributed by atoms with Gasteiger partial charge in [-0.1, -0.05) is 296 Å². The molecule has 2 atom stereocenters. The minimum atomic E-state index is -0.670. The van der Waals surface area contributed by atoms with E-state index in [1.54, 1.807) is 0 Å². The van der Waals surface area contributed by atoms with Crippen LogP contribution in [0.5, 0.6) is 0 Å². The Morgan fingerprint density at radius 1 is 0.375 bits per heavy atom. The van der Waals surface area contributed by atoms with Gasteiger partial charge in [-0.25, -0.2) is 0 Å². The third-order valence-electron chi connectivity index (χ3n) is 13.9. The maximum absolute atomic E-state index is 12.5. The van der Waals surface area contributed by atoms with Gasteiger partial charge >= 0.3 is 5.97 Å². The molecule has 0 saturated heterocycles. The number of ether oxygens (including phenoxy) is 1. The third-order valence-corrected chi connectivity index (χ3v) is 13.9. The summed E-state index contributed by atoms with van der Waals surface area (Å²) in [6, 6.07) is -0.548. The first-order chi connectivity index (χ1) is 31.5. The second kappa shape index (κ2) is 54.5. The molecule has 6 heteroatoms. The third kappa shape index (κ3) is 50.3. The zero-order valence-corrected chi connectivity index (χ0v) is 43.5. The second-order valence-electron chi connectivity index (χ2n) is 20.3. The SMILES string of the molecule is CCCCCCCCCCCCCCCCCCCCCCC(O)C(CO)NC(=O)CCCCCCCCCCCCCCCCOC(=O)CCCCCCCCCCCCCCC. The Kier molecular flexibility index (Phi) is 53.5. The van der Waals surface area contributed by atoms with Crippen molar-refractivity contribution in [3.05, 3.63) is 0 Å². The van der Waals surface area contributed by atoms with Gasteiger partial charge in [0.2, 0.25) is 5.91 Å². The minimum Gasteiger partial charge on any atom is -0.466 e. The zero-order chi connectivity index (χ0) is 46.5. The molecule has 6 nitrogen and oxygen atoms in total. The quantitative estimate of drug-likeness (QED) is 0.0417. The Balaban J connectivity index is 3.43. The topological polar surface area (TPSA) is 95.9 Å². The summed E-state index contributed by atoms with van der Waals surface area (Å²) in [7, 11) is 0. The lowest BCUT2D eigenvalue weighted by molar-refractivity contribution is -0.143. The lowest BCUT2D eigenvalue weighted by Crippen LogP contribution is -2.45. The van der Waals surface area contributed by atoms with E-state index in [1.165, 1.54) is 250 Å². The van der Waals surface area contributed by atoms with Gasteiger partial charge in [-0.2, -0.15) is 0 Å². The fraction of sp³-hybridized carbons (Fsp3) is 0.966. The van der Waals surface area contributed by atoms with Crippen LogP contribution in [0.15, 0.2) is 0 Å². The van der Waals surface area contributed by atoms with Crippen LogP contribution in [0.1, 0.15) is 335 Å². The summed E-state index contributed by atoms with van der Waals surface area (Å²) in [6.45, 7) is 4.96. The van der Waals surface area contributed by atoms with Crippen molar-refractivity contribution in [2.45, 2.75) is 347 Å². The number of amides is 1. The maximum atomic E-state index is 12.5. The van der Waals surface area contributed by atoms with Gasteiger partial charge in [0, 0.05) is 12.8 Å². The standard InChI is InChI=1S/C58H115NO5/c1-3-5-7-9-11-13-15-17-18-19-20-21-22-23-27-30-34-38-42-46-50-56(61)55(54-60)59-57(62)51-47-43-39-35-31-28-24-25-29-33-37-41-45-49-53-64-58(63)52-48-44-40-36-32-26-16-14-12-10-8-6-4-2/h55-56,60-61H,3-54H2,1-2H3,(H,59,62). The molecular formula is C58H115NO5. The summed E-state index contributed by atoms with van der Waals surface area (Å²) in [6.07, 6.45) is 62.3. The molecule has 0 aromatic heterocycles. The number of esters is 1. The Bertz CT molecular complexity index is 913. The van der Waals surface area contributed by atoms with E-state index in [0.717, 1.165) is 51.4 Å². The molecule has 0 aliphatic carbocycles. The van der Waals surface area contributed by atoms with E-state index in [9.17, 15) is 19.8 Å². The summed E-state index contributed by atoms with van der Waals surface area (Å²) < 4.78 is 5.47. The largest absolute Gasteiger partial charge is 0.466 e. The molecule has 0 fully saturated rings. The molecule has 0 radical (unpaired) electrons. The van der Waals surface area contributed by atoms with Gasteiger partial charge in [0.05, 0.1) is 25.4 Å². The molecule has 0 aromatic rings. The molecule has 382 valence electrons. The number of unbranched alkanes of at least 4 members (excludes halogenated alkanes) is 44. The monoisotopic (exact) mass is 906 g/mol. The Morgan fingerprint density at radius 3 is 0.953 bits per heavy atom. The van der Waals surface area contributed by atoms with Crippen LogP contribution in [0.4, 0.5) is 0 Å². The van der Waals surface area contributed by atoms with Crippen LogP contribution < -0.4 is 5.32 Å². The highest BCUT2D eigenvalue weighted by molar-refractivity contribution is 5.76. The minimum absolute atomic E-state index is 0.000645. The van der Waals surface area contributed by atoms with Crippen molar-refractivity contribution in [1.82, 2.24) is 5.32 Å². The van der Waals surface area contributed by atoms with E-state index >= 15 is 0 Å². The van der Waals surface area contributed by atoms with Gasteiger partial charge in [0.25, 0.3) is 0 Å². The molecule has 1 amide bonds. The van der Waals surface area contributed by atoms with Gasteiger partial charge in [0.1, 0.15) is 0 Å². The molecule has 3 N–H and O–H groups in total. The maximum Gasteiger partial charge on any atom is 0.305 e.